The largest absolute Gasteiger partial charge is 0.382 e. The summed E-state index contributed by atoms with van der Waals surface area (Å²) in [6, 6.07) is 0. The van der Waals surface area contributed by atoms with Gasteiger partial charge in [0.2, 0.25) is 0 Å². The summed E-state index contributed by atoms with van der Waals surface area (Å²) in [4.78, 5) is 0. The van der Waals surface area contributed by atoms with Crippen LogP contribution in [0.3, 0.4) is 0 Å². The summed E-state index contributed by atoms with van der Waals surface area (Å²) < 4.78 is 56.9. The highest BCUT2D eigenvalue weighted by Crippen LogP contribution is 1.97. The Labute approximate surface area is 317 Å². The van der Waals surface area contributed by atoms with Gasteiger partial charge in [0.15, 0.2) is 0 Å². The topological polar surface area (TPSA) is 102 Å². The minimum absolute atomic E-state index is 0.326. The van der Waals surface area contributed by atoms with Crippen molar-refractivity contribution in [2.75, 3.05) is 120 Å². The minimum Gasteiger partial charge on any atom is -0.382 e. The van der Waals surface area contributed by atoms with E-state index in [4.69, 9.17) is 52.1 Å². The van der Waals surface area contributed by atoms with Crippen molar-refractivity contribution in [2.24, 2.45) is 5.92 Å². The third kappa shape index (κ3) is 71.6. The van der Waals surface area contributed by atoms with Gasteiger partial charge in [-0.2, -0.15) is 0 Å². The van der Waals surface area contributed by atoms with E-state index >= 15 is 0 Å². The van der Waals surface area contributed by atoms with E-state index in [1.165, 1.54) is 6.42 Å². The third-order valence-corrected chi connectivity index (χ3v) is 7.14. The van der Waals surface area contributed by atoms with E-state index < -0.39 is 0 Å². The highest BCUT2D eigenvalue weighted by Gasteiger charge is 1.99. The molecule has 0 aliphatic carbocycles. The number of methoxy groups -OCH3 is 3. The van der Waals surface area contributed by atoms with Crippen LogP contribution in [-0.2, 0) is 52.1 Å². The highest BCUT2D eigenvalue weighted by atomic mass is 16.6. The average molecular weight is 747 g/mol. The molecule has 11 heteroatoms. The molecule has 0 saturated heterocycles. The molecule has 0 saturated carbocycles. The molecular weight excluding hydrogens is 656 g/mol. The van der Waals surface area contributed by atoms with Gasteiger partial charge in [-0.3, -0.25) is 0 Å². The van der Waals surface area contributed by atoms with Crippen molar-refractivity contribution in [2.45, 2.75) is 140 Å². The van der Waals surface area contributed by atoms with Crippen LogP contribution in [0.25, 0.3) is 0 Å². The second-order valence-corrected chi connectivity index (χ2v) is 12.2. The normalized spacial score (nSPS) is 12.9. The highest BCUT2D eigenvalue weighted by molar-refractivity contribution is 4.45. The van der Waals surface area contributed by atoms with Crippen LogP contribution in [0.5, 0.6) is 0 Å². The maximum Gasteiger partial charge on any atom is 0.0704 e. The first-order valence-electron chi connectivity index (χ1n) is 19.7. The fraction of sp³-hybridized carbons (Fsp3) is 1.00. The molecule has 0 bridgehead atoms. The number of ether oxygens (including phenoxy) is 11. The van der Waals surface area contributed by atoms with Crippen LogP contribution in [-0.4, -0.2) is 145 Å². The van der Waals surface area contributed by atoms with Gasteiger partial charge in [0, 0.05) is 27.9 Å². The lowest BCUT2D eigenvalue weighted by Gasteiger charge is -2.10. The van der Waals surface area contributed by atoms with Gasteiger partial charge in [-0.25, -0.2) is 0 Å². The Bertz CT molecular complexity index is 545. The zero-order chi connectivity index (χ0) is 39.8. The van der Waals surface area contributed by atoms with E-state index in [0.29, 0.717) is 104 Å². The Hall–Kier alpha value is -0.440. The molecule has 0 aromatic heterocycles. The van der Waals surface area contributed by atoms with E-state index in [2.05, 4.69) is 76.2 Å². The second kappa shape index (κ2) is 56.3. The van der Waals surface area contributed by atoms with Crippen molar-refractivity contribution >= 4 is 0 Å². The van der Waals surface area contributed by atoms with Crippen molar-refractivity contribution in [1.29, 1.82) is 0 Å². The first-order chi connectivity index (χ1) is 24.5. The predicted molar refractivity (Wildman–Crippen MR) is 213 cm³/mol. The van der Waals surface area contributed by atoms with Crippen molar-refractivity contribution in [3.8, 4) is 0 Å². The Balaban J connectivity index is -0.000000179. The summed E-state index contributed by atoms with van der Waals surface area (Å²) in [7, 11) is 5.01. The molecule has 316 valence electrons. The van der Waals surface area contributed by atoms with Crippen LogP contribution in [0.4, 0.5) is 0 Å². The molecule has 0 radical (unpaired) electrons. The van der Waals surface area contributed by atoms with Gasteiger partial charge < -0.3 is 52.1 Å². The van der Waals surface area contributed by atoms with Crippen LogP contribution in [0.2, 0.25) is 0 Å². The molecule has 0 aliphatic rings. The molecule has 0 fully saturated rings. The molecule has 4 atom stereocenters. The van der Waals surface area contributed by atoms with Gasteiger partial charge >= 0.3 is 0 Å². The molecule has 0 heterocycles. The first kappa shape index (κ1) is 59.8. The molecule has 0 aliphatic heterocycles. The van der Waals surface area contributed by atoms with Crippen LogP contribution in [0.1, 0.15) is 115 Å². The summed E-state index contributed by atoms with van der Waals surface area (Å²) in [5.41, 5.74) is 0. The van der Waals surface area contributed by atoms with Crippen molar-refractivity contribution in [1.82, 2.24) is 0 Å². The maximum atomic E-state index is 5.45. The predicted octanol–water partition coefficient (Wildman–Crippen LogP) is 8.28. The number of hydrogen-bond acceptors (Lipinski definition) is 11. The number of hydrogen-bond donors (Lipinski definition) is 0. The van der Waals surface area contributed by atoms with Gasteiger partial charge in [-0.05, 0) is 66.2 Å². The van der Waals surface area contributed by atoms with Gasteiger partial charge in [0.25, 0.3) is 0 Å². The third-order valence-electron chi connectivity index (χ3n) is 7.14. The molecule has 11 nitrogen and oxygen atoms in total. The molecule has 51 heavy (non-hydrogen) atoms. The van der Waals surface area contributed by atoms with E-state index in [9.17, 15) is 0 Å². The summed E-state index contributed by atoms with van der Waals surface area (Å²) in [5, 5.41) is 0. The van der Waals surface area contributed by atoms with Crippen LogP contribution < -0.4 is 0 Å². The monoisotopic (exact) mass is 747 g/mol. The van der Waals surface area contributed by atoms with E-state index in [1.54, 1.807) is 21.3 Å². The Morgan fingerprint density at radius 3 is 0.745 bits per heavy atom. The van der Waals surface area contributed by atoms with E-state index in [-0.39, 0.29) is 0 Å². The fourth-order valence-corrected chi connectivity index (χ4v) is 2.58. The molecule has 0 rings (SSSR count). The lowest BCUT2D eigenvalue weighted by Crippen LogP contribution is -2.14. The van der Waals surface area contributed by atoms with Crippen LogP contribution >= 0.6 is 0 Å². The van der Waals surface area contributed by atoms with Gasteiger partial charge in [0.05, 0.1) is 117 Å². The standard InChI is InChI=1S/C11H24O4.C9H20O3.C8H18O2.C7H16O2.C5H12/c1-4-11(2)15-10-9-14-8-7-13-6-5-12-3;1-4-9(2)12-8-7-11-6-5-10-3;1-4-8(3)10-7-6-9-5-2;1-4-7(2)9-6-5-8-3;1-4-5(2)3/h11H,4-10H2,1-3H3;9H,4-8H2,1-3H3;8H,4-7H2,1-3H3;7H,4-6H2,1-3H3;5H,4H2,1-3H3. The second-order valence-electron chi connectivity index (χ2n) is 12.2. The lowest BCUT2D eigenvalue weighted by atomic mass is 10.2. The summed E-state index contributed by atoms with van der Waals surface area (Å²) >= 11 is 0. The Kier molecular flexibility index (Phi) is 66.0. The van der Waals surface area contributed by atoms with E-state index in [1.807, 2.05) is 6.92 Å². The SMILES string of the molecule is CCC(C)C.CCC(C)OCCOC.CCC(C)OCCOCCOC.CCC(C)OCCOCCOCCOC.CCOCCOC(C)CC. The lowest BCUT2D eigenvalue weighted by molar-refractivity contribution is -0.0125. The summed E-state index contributed by atoms with van der Waals surface area (Å²) in [6.45, 7) is 35.4. The molecule has 0 amide bonds. The molecule has 4 unspecified atom stereocenters. The Morgan fingerprint density at radius 1 is 0.294 bits per heavy atom. The fourth-order valence-electron chi connectivity index (χ4n) is 2.58. The van der Waals surface area contributed by atoms with Crippen molar-refractivity contribution in [3.63, 3.8) is 0 Å². The van der Waals surface area contributed by atoms with Crippen LogP contribution in [0.15, 0.2) is 0 Å². The average Bonchev–Trinajstić information content (AvgIpc) is 3.14. The minimum atomic E-state index is 0.326. The van der Waals surface area contributed by atoms with E-state index in [0.717, 1.165) is 51.4 Å². The van der Waals surface area contributed by atoms with Gasteiger partial charge in [-0.1, -0.05) is 54.9 Å². The quantitative estimate of drug-likeness (QED) is 0.0641. The van der Waals surface area contributed by atoms with Crippen molar-refractivity contribution in [3.05, 3.63) is 0 Å². The smallest absolute Gasteiger partial charge is 0.0704 e. The maximum absolute atomic E-state index is 5.45. The molecule has 0 aromatic carbocycles. The first-order valence-corrected chi connectivity index (χ1v) is 19.7. The number of rotatable bonds is 31. The van der Waals surface area contributed by atoms with Gasteiger partial charge in [-0.15, -0.1) is 0 Å². The molecule has 0 spiro atoms. The van der Waals surface area contributed by atoms with Gasteiger partial charge in [0.1, 0.15) is 0 Å². The van der Waals surface area contributed by atoms with Crippen molar-refractivity contribution < 1.29 is 52.1 Å². The molecule has 0 aromatic rings. The zero-order valence-corrected chi connectivity index (χ0v) is 36.5. The van der Waals surface area contributed by atoms with Crippen LogP contribution in [0, 0.1) is 5.92 Å². The Morgan fingerprint density at radius 2 is 0.510 bits per heavy atom. The summed E-state index contributed by atoms with van der Waals surface area (Å²) in [5.74, 6) is 0.884. The molecular formula is C40H90O11. The summed E-state index contributed by atoms with van der Waals surface area (Å²) in [6.07, 6.45) is 6.97. The molecule has 0 N–H and O–H groups in total. The zero-order valence-electron chi connectivity index (χ0n) is 36.5.